The van der Waals surface area contributed by atoms with Gasteiger partial charge >= 0.3 is 12.2 Å². The SMILES string of the molecule is COC(=O)NC(C(=O)N1CCCC1c1[nH]c(-c2ccc(-c3ccc(-c4cnc([C@H]5CCCC[C@@H]5C(=O)N(NC(=O)OC)C(C)C)[nH]4)cc3)cc2)c2c1CCC2)C1CCOCC1. The van der Waals surface area contributed by atoms with E-state index in [9.17, 15) is 19.2 Å². The van der Waals surface area contributed by atoms with Crippen LogP contribution in [0.2, 0.25) is 0 Å². The average molecular weight is 834 g/mol. The number of hydrazine groups is 1. The van der Waals surface area contributed by atoms with Gasteiger partial charge in [0, 0.05) is 49.0 Å². The van der Waals surface area contributed by atoms with Crippen molar-refractivity contribution in [1.29, 1.82) is 0 Å². The minimum atomic E-state index is -0.665. The predicted molar refractivity (Wildman–Crippen MR) is 230 cm³/mol. The summed E-state index contributed by atoms with van der Waals surface area (Å²) in [5.41, 5.74) is 12.8. The van der Waals surface area contributed by atoms with Gasteiger partial charge in [-0.25, -0.2) is 25.0 Å². The van der Waals surface area contributed by atoms with Gasteiger partial charge in [0.15, 0.2) is 0 Å². The number of hydrogen-bond acceptors (Lipinski definition) is 8. The Morgan fingerprint density at radius 2 is 1.44 bits per heavy atom. The zero-order valence-corrected chi connectivity index (χ0v) is 35.8. The molecule has 61 heavy (non-hydrogen) atoms. The summed E-state index contributed by atoms with van der Waals surface area (Å²) in [7, 11) is 2.62. The van der Waals surface area contributed by atoms with Crippen molar-refractivity contribution < 1.29 is 33.4 Å². The Balaban J connectivity index is 0.969. The summed E-state index contributed by atoms with van der Waals surface area (Å²) >= 11 is 0. The summed E-state index contributed by atoms with van der Waals surface area (Å²) in [5.74, 6) is 0.219. The Hall–Kier alpha value is -5.63. The molecule has 4 amide bonds. The maximum Gasteiger partial charge on any atom is 0.425 e. The first kappa shape index (κ1) is 42.1. The van der Waals surface area contributed by atoms with Crippen LogP contribution in [0.1, 0.15) is 106 Å². The van der Waals surface area contributed by atoms with Crippen molar-refractivity contribution >= 4 is 24.0 Å². The second kappa shape index (κ2) is 18.6. The van der Waals surface area contributed by atoms with Gasteiger partial charge in [-0.3, -0.25) is 9.59 Å². The third kappa shape index (κ3) is 8.77. The van der Waals surface area contributed by atoms with Crippen molar-refractivity contribution in [3.63, 3.8) is 0 Å². The molecule has 4 aromatic rings. The van der Waals surface area contributed by atoms with Gasteiger partial charge in [-0.2, -0.15) is 0 Å². The molecule has 2 aromatic heterocycles. The number of likely N-dealkylation sites (tertiary alicyclic amines) is 1. The smallest absolute Gasteiger partial charge is 0.425 e. The molecule has 14 nitrogen and oxygen atoms in total. The van der Waals surface area contributed by atoms with E-state index in [1.807, 2.05) is 24.9 Å². The fourth-order valence-corrected chi connectivity index (χ4v) is 10.1. The molecule has 14 heteroatoms. The van der Waals surface area contributed by atoms with Crippen LogP contribution >= 0.6 is 0 Å². The van der Waals surface area contributed by atoms with Crippen molar-refractivity contribution in [2.45, 2.75) is 109 Å². The first-order chi connectivity index (χ1) is 29.6. The highest BCUT2D eigenvalue weighted by molar-refractivity contribution is 5.87. The number of benzene rings is 2. The number of carbonyl (C=O) groups excluding carboxylic acids is 4. The van der Waals surface area contributed by atoms with Crippen molar-refractivity contribution in [2.24, 2.45) is 11.8 Å². The topological polar surface area (TPSA) is 171 Å². The van der Waals surface area contributed by atoms with E-state index >= 15 is 0 Å². The molecule has 324 valence electrons. The molecule has 2 aliphatic heterocycles. The molecule has 0 radical (unpaired) electrons. The number of nitrogens with one attached hydrogen (secondary N) is 4. The van der Waals surface area contributed by atoms with Crippen molar-refractivity contribution in [3.05, 3.63) is 77.4 Å². The fraction of sp³-hybridized carbons (Fsp3) is 0.511. The number of rotatable bonds is 10. The van der Waals surface area contributed by atoms with Crippen LogP contribution in [0.4, 0.5) is 9.59 Å². The molecule has 2 aromatic carbocycles. The van der Waals surface area contributed by atoms with Gasteiger partial charge in [0.1, 0.15) is 11.9 Å². The summed E-state index contributed by atoms with van der Waals surface area (Å²) in [6, 6.07) is 16.2. The quantitative estimate of drug-likeness (QED) is 0.117. The van der Waals surface area contributed by atoms with Crippen LogP contribution in [0.15, 0.2) is 54.7 Å². The Labute approximate surface area is 357 Å². The fourth-order valence-electron chi connectivity index (χ4n) is 10.1. The van der Waals surface area contributed by atoms with Crippen molar-refractivity contribution in [2.75, 3.05) is 34.0 Å². The molecular weight excluding hydrogens is 775 g/mol. The van der Waals surface area contributed by atoms with E-state index in [4.69, 9.17) is 19.2 Å². The van der Waals surface area contributed by atoms with Gasteiger partial charge < -0.3 is 34.4 Å². The summed E-state index contributed by atoms with van der Waals surface area (Å²) in [6.07, 6.45) is 10.4. The van der Waals surface area contributed by atoms with E-state index < -0.39 is 18.2 Å². The third-order valence-electron chi connectivity index (χ3n) is 13.3. The zero-order valence-electron chi connectivity index (χ0n) is 35.8. The van der Waals surface area contributed by atoms with Gasteiger partial charge in [0.2, 0.25) is 11.8 Å². The van der Waals surface area contributed by atoms with E-state index in [-0.39, 0.29) is 41.7 Å². The summed E-state index contributed by atoms with van der Waals surface area (Å²) in [6.45, 7) is 5.55. The molecule has 2 aliphatic carbocycles. The number of nitrogens with zero attached hydrogens (tertiary/aromatic N) is 3. The average Bonchev–Trinajstić information content (AvgIpc) is 4.13. The lowest BCUT2D eigenvalue weighted by Gasteiger charge is -2.35. The Kier molecular flexibility index (Phi) is 12.8. The first-order valence-corrected chi connectivity index (χ1v) is 22.0. The first-order valence-electron chi connectivity index (χ1n) is 22.0. The van der Waals surface area contributed by atoms with E-state index in [1.165, 1.54) is 30.4 Å². The second-order valence-electron chi connectivity index (χ2n) is 17.2. The molecule has 0 spiro atoms. The second-order valence-corrected chi connectivity index (χ2v) is 17.2. The Bertz CT molecular complexity index is 2190. The molecule has 4 aliphatic rings. The highest BCUT2D eigenvalue weighted by atomic mass is 16.5. The minimum Gasteiger partial charge on any atom is -0.453 e. The lowest BCUT2D eigenvalue weighted by Crippen LogP contribution is -2.53. The van der Waals surface area contributed by atoms with Gasteiger partial charge in [-0.15, -0.1) is 0 Å². The molecule has 0 bridgehead atoms. The molecule has 3 fully saturated rings. The van der Waals surface area contributed by atoms with Crippen LogP contribution in [0.25, 0.3) is 33.6 Å². The van der Waals surface area contributed by atoms with E-state index in [0.29, 0.717) is 19.8 Å². The van der Waals surface area contributed by atoms with Crippen LogP contribution in [-0.4, -0.2) is 94.9 Å². The molecular formula is C47H59N7O7. The van der Waals surface area contributed by atoms with E-state index in [1.54, 1.807) is 0 Å². The predicted octanol–water partition coefficient (Wildman–Crippen LogP) is 7.82. The normalized spacial score (nSPS) is 20.9. The monoisotopic (exact) mass is 833 g/mol. The molecule has 1 saturated carbocycles. The Morgan fingerprint density at radius 1 is 0.787 bits per heavy atom. The number of alkyl carbamates (subject to hydrolysis) is 1. The van der Waals surface area contributed by atoms with Crippen LogP contribution in [-0.2, 0) is 36.6 Å². The standard InChI is InChI=1S/C47H59N7O7/c1-28(2)54(52-47(58)60-4)44(55)37-10-6-5-9-36(37)43-48-27-38(49-43)31-18-14-29(15-19-31)30-16-20-32(21-17-30)40-34-11-7-12-35(34)42(50-40)39-13-8-24-53(39)45(56)41(51-46(57)59-3)33-22-25-61-26-23-33/h14-21,27-28,33,36-37,39,41,50H,5-13,22-26H2,1-4H3,(H,48,49)(H,51,57)(H,52,58)/t36-,37-,39?,41?/m0/s1. The molecule has 4 atom stereocenters. The maximum absolute atomic E-state index is 14.3. The third-order valence-corrected chi connectivity index (χ3v) is 13.3. The van der Waals surface area contributed by atoms with E-state index in [0.717, 1.165) is 116 Å². The van der Waals surface area contributed by atoms with Gasteiger partial charge in [-0.1, -0.05) is 61.4 Å². The molecule has 2 saturated heterocycles. The minimum absolute atomic E-state index is 0.000947. The number of imidazole rings is 1. The highest BCUT2D eigenvalue weighted by Crippen LogP contribution is 2.43. The molecule has 2 unspecified atom stereocenters. The number of methoxy groups -OCH3 is 2. The molecule has 4 heterocycles. The van der Waals surface area contributed by atoms with E-state index in [2.05, 4.69) is 69.2 Å². The summed E-state index contributed by atoms with van der Waals surface area (Å²) < 4.78 is 15.3. The number of aromatic nitrogens is 3. The molecule has 4 N–H and O–H groups in total. The number of amides is 4. The van der Waals surface area contributed by atoms with Crippen molar-refractivity contribution in [3.8, 4) is 33.6 Å². The van der Waals surface area contributed by atoms with Gasteiger partial charge in [0.05, 0.1) is 32.2 Å². The van der Waals surface area contributed by atoms with Crippen LogP contribution in [0.5, 0.6) is 0 Å². The number of fused-ring (bicyclic) bond motifs is 1. The summed E-state index contributed by atoms with van der Waals surface area (Å²) in [4.78, 5) is 66.6. The van der Waals surface area contributed by atoms with Gasteiger partial charge in [-0.05, 0) is 111 Å². The highest BCUT2D eigenvalue weighted by Gasteiger charge is 2.42. The van der Waals surface area contributed by atoms with Crippen LogP contribution in [0, 0.1) is 11.8 Å². The zero-order chi connectivity index (χ0) is 42.6. The van der Waals surface area contributed by atoms with Crippen LogP contribution in [0.3, 0.4) is 0 Å². The number of hydrogen-bond donors (Lipinski definition) is 4. The number of aromatic amines is 2. The molecule has 8 rings (SSSR count). The largest absolute Gasteiger partial charge is 0.453 e. The number of ether oxygens (including phenoxy) is 3. The maximum atomic E-state index is 14.3. The summed E-state index contributed by atoms with van der Waals surface area (Å²) in [5, 5.41) is 4.27. The number of H-pyrrole nitrogens is 2. The lowest BCUT2D eigenvalue weighted by molar-refractivity contribution is -0.142. The van der Waals surface area contributed by atoms with Crippen LogP contribution < -0.4 is 10.7 Å². The van der Waals surface area contributed by atoms with Gasteiger partial charge in [0.25, 0.3) is 0 Å². The lowest BCUT2D eigenvalue weighted by atomic mass is 9.78. The number of carbonyl (C=O) groups is 4. The Morgan fingerprint density at radius 3 is 2.13 bits per heavy atom. The van der Waals surface area contributed by atoms with Crippen molar-refractivity contribution in [1.82, 2.24) is 35.6 Å².